The summed E-state index contributed by atoms with van der Waals surface area (Å²) in [7, 11) is 1.69. The van der Waals surface area contributed by atoms with Crippen molar-refractivity contribution in [3.8, 4) is 0 Å². The summed E-state index contributed by atoms with van der Waals surface area (Å²) < 4.78 is 5.19. The van der Waals surface area contributed by atoms with Crippen LogP contribution < -0.4 is 5.32 Å². The number of carboxylic acids is 1. The third-order valence-corrected chi connectivity index (χ3v) is 3.99. The van der Waals surface area contributed by atoms with Crippen LogP contribution in [-0.4, -0.2) is 78.9 Å². The number of hydrogen-bond acceptors (Lipinski definition) is 4. The molecule has 2 fully saturated rings. The molecule has 0 aromatic carbocycles. The first-order valence-corrected chi connectivity index (χ1v) is 7.11. The van der Waals surface area contributed by atoms with Gasteiger partial charge in [0, 0.05) is 39.3 Å². The Bertz CT molecular complexity index is 358. The molecule has 0 aromatic rings. The average Bonchev–Trinajstić information content (AvgIpc) is 2.58. The smallest absolute Gasteiger partial charge is 0.317 e. The van der Waals surface area contributed by atoms with Gasteiger partial charge in [0.15, 0.2) is 0 Å². The van der Waals surface area contributed by atoms with E-state index in [9.17, 15) is 9.59 Å². The molecule has 2 N–H and O–H groups in total. The zero-order valence-electron chi connectivity index (χ0n) is 11.9. The lowest BCUT2D eigenvalue weighted by molar-refractivity contribution is -0.138. The van der Waals surface area contributed by atoms with Crippen LogP contribution >= 0.6 is 0 Å². The third kappa shape index (κ3) is 4.08. The summed E-state index contributed by atoms with van der Waals surface area (Å²) in [5.74, 6) is -0.817. The van der Waals surface area contributed by atoms with E-state index in [-0.39, 0.29) is 24.7 Å². The van der Waals surface area contributed by atoms with Gasteiger partial charge in [-0.3, -0.25) is 9.69 Å². The maximum absolute atomic E-state index is 12.1. The van der Waals surface area contributed by atoms with Gasteiger partial charge in [-0.15, -0.1) is 0 Å². The van der Waals surface area contributed by atoms with Crippen molar-refractivity contribution in [3.05, 3.63) is 0 Å². The molecule has 20 heavy (non-hydrogen) atoms. The van der Waals surface area contributed by atoms with E-state index in [1.54, 1.807) is 12.0 Å². The molecule has 0 atom stereocenters. The fourth-order valence-corrected chi connectivity index (χ4v) is 2.67. The first-order valence-electron chi connectivity index (χ1n) is 7.11. The van der Waals surface area contributed by atoms with Crippen molar-refractivity contribution in [2.24, 2.45) is 0 Å². The highest BCUT2D eigenvalue weighted by molar-refractivity contribution is 5.74. The first-order chi connectivity index (χ1) is 9.58. The lowest BCUT2D eigenvalue weighted by Crippen LogP contribution is -2.52. The van der Waals surface area contributed by atoms with Gasteiger partial charge in [-0.25, -0.2) is 4.79 Å². The monoisotopic (exact) mass is 285 g/mol. The van der Waals surface area contributed by atoms with E-state index in [0.29, 0.717) is 19.6 Å². The number of amides is 2. The Labute approximate surface area is 118 Å². The highest BCUT2D eigenvalue weighted by atomic mass is 16.5. The van der Waals surface area contributed by atoms with E-state index in [2.05, 4.69) is 5.32 Å². The number of rotatable bonds is 4. The number of methoxy groups -OCH3 is 1. The van der Waals surface area contributed by atoms with Gasteiger partial charge in [0.1, 0.15) is 0 Å². The highest BCUT2D eigenvalue weighted by Gasteiger charge is 2.31. The van der Waals surface area contributed by atoms with E-state index in [1.165, 1.54) is 0 Å². The maximum Gasteiger partial charge on any atom is 0.317 e. The maximum atomic E-state index is 12.1. The molecule has 7 heteroatoms. The number of carbonyl (C=O) groups excluding carboxylic acids is 1. The molecule has 2 rings (SSSR count). The molecule has 2 aliphatic rings. The molecule has 0 bridgehead atoms. The second-order valence-corrected chi connectivity index (χ2v) is 5.49. The molecule has 0 spiro atoms. The van der Waals surface area contributed by atoms with Gasteiger partial charge in [-0.1, -0.05) is 0 Å². The number of aliphatic carboxylic acids is 1. The fourth-order valence-electron chi connectivity index (χ4n) is 2.67. The van der Waals surface area contributed by atoms with Gasteiger partial charge in [0.25, 0.3) is 0 Å². The van der Waals surface area contributed by atoms with Gasteiger partial charge < -0.3 is 20.1 Å². The van der Waals surface area contributed by atoms with Crippen molar-refractivity contribution in [2.75, 3.05) is 39.8 Å². The van der Waals surface area contributed by atoms with Crippen LogP contribution in [0.15, 0.2) is 0 Å². The van der Waals surface area contributed by atoms with Gasteiger partial charge in [0.05, 0.1) is 12.6 Å². The minimum Gasteiger partial charge on any atom is -0.480 e. The molecule has 7 nitrogen and oxygen atoms in total. The molecule has 1 aliphatic heterocycles. The lowest BCUT2D eigenvalue weighted by Gasteiger charge is -2.36. The predicted octanol–water partition coefficient (Wildman–Crippen LogP) is -0.0343. The lowest BCUT2D eigenvalue weighted by atomic mass is 9.89. The number of urea groups is 1. The topological polar surface area (TPSA) is 82.1 Å². The third-order valence-electron chi connectivity index (χ3n) is 3.99. The van der Waals surface area contributed by atoms with Crippen molar-refractivity contribution >= 4 is 12.0 Å². The molecule has 0 aromatic heterocycles. The zero-order chi connectivity index (χ0) is 14.5. The SMILES string of the molecule is COC1CC(NC(=O)N2CCCN(CC(=O)O)CC2)C1. The minimum atomic E-state index is -0.817. The molecule has 1 aliphatic carbocycles. The Morgan fingerprint density at radius 1 is 1.25 bits per heavy atom. The highest BCUT2D eigenvalue weighted by Crippen LogP contribution is 2.22. The van der Waals surface area contributed by atoms with E-state index < -0.39 is 5.97 Å². The van der Waals surface area contributed by atoms with Crippen LogP contribution in [0.1, 0.15) is 19.3 Å². The first kappa shape index (κ1) is 15.1. The summed E-state index contributed by atoms with van der Waals surface area (Å²) in [6, 6.07) is 0.174. The Morgan fingerprint density at radius 3 is 2.65 bits per heavy atom. The summed E-state index contributed by atoms with van der Waals surface area (Å²) in [5.41, 5.74) is 0. The zero-order valence-corrected chi connectivity index (χ0v) is 11.9. The second-order valence-electron chi connectivity index (χ2n) is 5.49. The molecule has 114 valence electrons. The van der Waals surface area contributed by atoms with Gasteiger partial charge in [-0.2, -0.15) is 0 Å². The van der Waals surface area contributed by atoms with Crippen LogP contribution in [-0.2, 0) is 9.53 Å². The Kier molecular flexibility index (Phi) is 5.19. The molecule has 0 radical (unpaired) electrons. The summed E-state index contributed by atoms with van der Waals surface area (Å²) in [5, 5.41) is 11.8. The van der Waals surface area contributed by atoms with Crippen LogP contribution in [0, 0.1) is 0 Å². The number of hydrogen-bond donors (Lipinski definition) is 2. The van der Waals surface area contributed by atoms with Crippen molar-refractivity contribution in [3.63, 3.8) is 0 Å². The minimum absolute atomic E-state index is 0.0401. The largest absolute Gasteiger partial charge is 0.480 e. The van der Waals surface area contributed by atoms with E-state index in [0.717, 1.165) is 25.8 Å². The van der Waals surface area contributed by atoms with Gasteiger partial charge in [-0.05, 0) is 19.3 Å². The molecule has 2 amide bonds. The predicted molar refractivity (Wildman–Crippen MR) is 72.6 cm³/mol. The standard InChI is InChI=1S/C13H23N3O4/c1-20-11-7-10(8-11)14-13(19)16-4-2-3-15(5-6-16)9-12(17)18/h10-11H,2-9H2,1H3,(H,14,19)(H,17,18). The molecule has 1 heterocycles. The van der Waals surface area contributed by atoms with Crippen LogP contribution in [0.5, 0.6) is 0 Å². The summed E-state index contributed by atoms with van der Waals surface area (Å²) >= 11 is 0. The fraction of sp³-hybridized carbons (Fsp3) is 0.846. The van der Waals surface area contributed by atoms with Crippen molar-refractivity contribution in [1.82, 2.24) is 15.1 Å². The summed E-state index contributed by atoms with van der Waals surface area (Å²) in [6.45, 7) is 2.66. The normalized spacial score (nSPS) is 27.6. The van der Waals surface area contributed by atoms with Crippen molar-refractivity contribution < 1.29 is 19.4 Å². The van der Waals surface area contributed by atoms with Crippen LogP contribution in [0.3, 0.4) is 0 Å². The van der Waals surface area contributed by atoms with Gasteiger partial charge in [0.2, 0.25) is 0 Å². The molecule has 1 saturated heterocycles. The summed E-state index contributed by atoms with van der Waals surface area (Å²) in [4.78, 5) is 26.5. The van der Waals surface area contributed by atoms with Crippen molar-refractivity contribution in [2.45, 2.75) is 31.4 Å². The van der Waals surface area contributed by atoms with Crippen molar-refractivity contribution in [1.29, 1.82) is 0 Å². The van der Waals surface area contributed by atoms with Gasteiger partial charge >= 0.3 is 12.0 Å². The van der Waals surface area contributed by atoms with E-state index >= 15 is 0 Å². The number of ether oxygens (including phenoxy) is 1. The van der Waals surface area contributed by atoms with E-state index in [4.69, 9.17) is 9.84 Å². The Hall–Kier alpha value is -1.34. The second kappa shape index (κ2) is 6.90. The van der Waals surface area contributed by atoms with Crippen LogP contribution in [0.25, 0.3) is 0 Å². The number of nitrogens with zero attached hydrogens (tertiary/aromatic N) is 2. The number of carboxylic acid groups (broad SMARTS) is 1. The van der Waals surface area contributed by atoms with Crippen LogP contribution in [0.2, 0.25) is 0 Å². The molecule has 0 unspecified atom stereocenters. The van der Waals surface area contributed by atoms with Crippen LogP contribution in [0.4, 0.5) is 4.79 Å². The summed E-state index contributed by atoms with van der Waals surface area (Å²) in [6.07, 6.45) is 2.84. The Morgan fingerprint density at radius 2 is 2.00 bits per heavy atom. The van der Waals surface area contributed by atoms with E-state index in [1.807, 2.05) is 4.90 Å². The average molecular weight is 285 g/mol. The molecular formula is C13H23N3O4. The molecule has 1 saturated carbocycles. The number of carbonyl (C=O) groups is 2. The number of nitrogens with one attached hydrogen (secondary N) is 1. The Balaban J connectivity index is 1.72. The molecular weight excluding hydrogens is 262 g/mol. The quantitative estimate of drug-likeness (QED) is 0.758.